The van der Waals surface area contributed by atoms with Gasteiger partial charge >= 0.3 is 0 Å². The van der Waals surface area contributed by atoms with Crippen LogP contribution in [0.2, 0.25) is 34.3 Å². The fraction of sp³-hybridized carbons (Fsp3) is 1.00. The molecule has 0 saturated heterocycles. The molecule has 0 saturated carbocycles. The Bertz CT molecular complexity index is 138. The highest BCUT2D eigenvalue weighted by Gasteiger charge is 2.24. The molecule has 0 aromatic carbocycles. The summed E-state index contributed by atoms with van der Waals surface area (Å²) in [7, 11) is -0.969. The minimum absolute atomic E-state index is 0.484. The van der Waals surface area contributed by atoms with Crippen LogP contribution >= 0.6 is 0 Å². The van der Waals surface area contributed by atoms with Gasteiger partial charge in [-0.25, -0.2) is 0 Å². The minimum Gasteiger partial charge on any atom is -0.0654 e. The van der Waals surface area contributed by atoms with Crippen molar-refractivity contribution in [3.05, 3.63) is 0 Å². The second-order valence-electron chi connectivity index (χ2n) is 6.88. The summed E-state index contributed by atoms with van der Waals surface area (Å²) < 4.78 is 0. The van der Waals surface area contributed by atoms with Crippen molar-refractivity contribution in [1.82, 2.24) is 0 Å². The van der Waals surface area contributed by atoms with E-state index >= 15 is 0 Å². The topological polar surface area (TPSA) is 0 Å². The fourth-order valence-corrected chi connectivity index (χ4v) is 12.1. The highest BCUT2D eigenvalue weighted by molar-refractivity contribution is 6.67. The third kappa shape index (κ3) is 5.67. The standard InChI is InChI=1S/C14H34Si2/c1-11(2)15(12(3)4)9-10-16(13(5)6)14(7)8/h11-16H,9-10H2,1-8H3. The maximum atomic E-state index is 2.46. The van der Waals surface area contributed by atoms with Gasteiger partial charge in [0, 0.05) is 17.6 Å². The van der Waals surface area contributed by atoms with E-state index in [-0.39, 0.29) is 0 Å². The van der Waals surface area contributed by atoms with Crippen LogP contribution in [0.15, 0.2) is 0 Å². The molecule has 0 unspecified atom stereocenters. The Morgan fingerprint density at radius 3 is 0.812 bits per heavy atom. The first kappa shape index (κ1) is 16.4. The molecule has 2 heteroatoms. The van der Waals surface area contributed by atoms with Crippen LogP contribution in [0.1, 0.15) is 55.4 Å². The third-order valence-corrected chi connectivity index (χ3v) is 13.8. The van der Waals surface area contributed by atoms with E-state index in [1.165, 1.54) is 0 Å². The Hall–Kier alpha value is 0.434. The lowest BCUT2D eigenvalue weighted by Crippen LogP contribution is -2.27. The molecule has 0 radical (unpaired) electrons. The molecule has 0 N–H and O–H groups in total. The van der Waals surface area contributed by atoms with E-state index in [9.17, 15) is 0 Å². The Morgan fingerprint density at radius 2 is 0.688 bits per heavy atom. The van der Waals surface area contributed by atoms with E-state index in [0.717, 1.165) is 22.2 Å². The van der Waals surface area contributed by atoms with Crippen molar-refractivity contribution in [2.45, 2.75) is 89.6 Å². The van der Waals surface area contributed by atoms with Gasteiger partial charge in [0.2, 0.25) is 0 Å². The molecule has 0 nitrogen and oxygen atoms in total. The average Bonchev–Trinajstić information content (AvgIpc) is 2.09. The molecular weight excluding hydrogens is 224 g/mol. The number of hydrogen-bond acceptors (Lipinski definition) is 0. The molecular formula is C14H34Si2. The van der Waals surface area contributed by atoms with Gasteiger partial charge in [0.25, 0.3) is 0 Å². The first-order chi connectivity index (χ1) is 7.27. The van der Waals surface area contributed by atoms with Crippen LogP contribution in [0.25, 0.3) is 0 Å². The van der Waals surface area contributed by atoms with Crippen molar-refractivity contribution in [3.8, 4) is 0 Å². The highest BCUT2D eigenvalue weighted by Crippen LogP contribution is 2.30. The molecule has 0 spiro atoms. The zero-order chi connectivity index (χ0) is 12.9. The van der Waals surface area contributed by atoms with Crippen molar-refractivity contribution >= 4 is 17.6 Å². The quantitative estimate of drug-likeness (QED) is 0.559. The Morgan fingerprint density at radius 1 is 0.500 bits per heavy atom. The zero-order valence-electron chi connectivity index (χ0n) is 12.9. The average molecular weight is 259 g/mol. The van der Waals surface area contributed by atoms with Crippen LogP contribution in [0.4, 0.5) is 0 Å². The SMILES string of the molecule is CC(C)[SiH](CC[SiH](C(C)C)C(C)C)C(C)C. The van der Waals surface area contributed by atoms with Crippen LogP contribution in [-0.4, -0.2) is 17.6 Å². The molecule has 0 heterocycles. The summed E-state index contributed by atoms with van der Waals surface area (Å²) in [5.41, 5.74) is 3.98. The van der Waals surface area contributed by atoms with Gasteiger partial charge in [-0.15, -0.1) is 0 Å². The van der Waals surface area contributed by atoms with Gasteiger partial charge in [-0.3, -0.25) is 0 Å². The molecule has 0 aromatic heterocycles. The van der Waals surface area contributed by atoms with E-state index < -0.39 is 17.6 Å². The van der Waals surface area contributed by atoms with E-state index in [0.29, 0.717) is 0 Å². The van der Waals surface area contributed by atoms with Gasteiger partial charge in [-0.2, -0.15) is 0 Å². The fourth-order valence-electron chi connectivity index (χ4n) is 3.26. The number of rotatable bonds is 7. The maximum Gasteiger partial charge on any atom is 0.0416 e. The first-order valence-electron chi connectivity index (χ1n) is 7.27. The summed E-state index contributed by atoms with van der Waals surface area (Å²) in [5.74, 6) is 0. The van der Waals surface area contributed by atoms with Crippen LogP contribution in [0, 0.1) is 0 Å². The highest BCUT2D eigenvalue weighted by atomic mass is 28.3. The van der Waals surface area contributed by atoms with E-state index in [1.54, 1.807) is 12.1 Å². The molecule has 0 rings (SSSR count). The predicted octanol–water partition coefficient (Wildman–Crippen LogP) is 5.08. The molecule has 16 heavy (non-hydrogen) atoms. The lowest BCUT2D eigenvalue weighted by molar-refractivity contribution is 0.896. The van der Waals surface area contributed by atoms with Gasteiger partial charge in [0.15, 0.2) is 0 Å². The van der Waals surface area contributed by atoms with E-state index in [2.05, 4.69) is 55.4 Å². The lowest BCUT2D eigenvalue weighted by Gasteiger charge is -2.28. The molecule has 0 fully saturated rings. The second-order valence-corrected chi connectivity index (χ2v) is 16.0. The summed E-state index contributed by atoms with van der Waals surface area (Å²) in [6.07, 6.45) is 0. The van der Waals surface area contributed by atoms with E-state index in [1.807, 2.05) is 0 Å². The zero-order valence-corrected chi connectivity index (χ0v) is 15.2. The normalized spacial score (nSPS) is 13.1. The van der Waals surface area contributed by atoms with Gasteiger partial charge in [0.05, 0.1) is 0 Å². The van der Waals surface area contributed by atoms with Crippen molar-refractivity contribution in [1.29, 1.82) is 0 Å². The largest absolute Gasteiger partial charge is 0.0654 e. The van der Waals surface area contributed by atoms with Gasteiger partial charge in [0.1, 0.15) is 0 Å². The summed E-state index contributed by atoms with van der Waals surface area (Å²) in [6.45, 7) is 19.7. The summed E-state index contributed by atoms with van der Waals surface area (Å²) >= 11 is 0. The van der Waals surface area contributed by atoms with Crippen LogP contribution < -0.4 is 0 Å². The monoisotopic (exact) mass is 258 g/mol. The molecule has 0 bridgehead atoms. The Balaban J connectivity index is 4.27. The minimum atomic E-state index is -0.484. The second kappa shape index (κ2) is 7.70. The third-order valence-electron chi connectivity index (χ3n) is 4.26. The smallest absolute Gasteiger partial charge is 0.0416 e. The summed E-state index contributed by atoms with van der Waals surface area (Å²) in [6, 6.07) is 3.23. The molecule has 0 aromatic rings. The molecule has 98 valence electrons. The molecule has 0 amide bonds. The molecule has 0 aliphatic carbocycles. The summed E-state index contributed by atoms with van der Waals surface area (Å²) in [5, 5.41) is 0. The van der Waals surface area contributed by atoms with Gasteiger partial charge in [-0.05, 0) is 0 Å². The van der Waals surface area contributed by atoms with Crippen molar-refractivity contribution in [3.63, 3.8) is 0 Å². The van der Waals surface area contributed by atoms with Crippen molar-refractivity contribution in [2.24, 2.45) is 0 Å². The Labute approximate surface area is 107 Å². The predicted molar refractivity (Wildman–Crippen MR) is 84.3 cm³/mol. The maximum absolute atomic E-state index is 2.46. The first-order valence-corrected chi connectivity index (χ1v) is 11.6. The van der Waals surface area contributed by atoms with Crippen LogP contribution in [0.5, 0.6) is 0 Å². The van der Waals surface area contributed by atoms with E-state index in [4.69, 9.17) is 0 Å². The number of hydrogen-bond donors (Lipinski definition) is 0. The molecule has 0 atom stereocenters. The molecule has 0 aliphatic heterocycles. The summed E-state index contributed by atoms with van der Waals surface area (Å²) in [4.78, 5) is 0. The molecule has 0 aliphatic rings. The van der Waals surface area contributed by atoms with Gasteiger partial charge < -0.3 is 0 Å². The van der Waals surface area contributed by atoms with Crippen molar-refractivity contribution < 1.29 is 0 Å². The van der Waals surface area contributed by atoms with Crippen LogP contribution in [0.3, 0.4) is 0 Å². The van der Waals surface area contributed by atoms with Gasteiger partial charge in [-0.1, -0.05) is 89.6 Å². The lowest BCUT2D eigenvalue weighted by atomic mass is 10.5. The Kier molecular flexibility index (Phi) is 7.91. The van der Waals surface area contributed by atoms with Crippen LogP contribution in [-0.2, 0) is 0 Å². The van der Waals surface area contributed by atoms with Crippen molar-refractivity contribution in [2.75, 3.05) is 0 Å².